The fourth-order valence-electron chi connectivity index (χ4n) is 4.67. The van der Waals surface area contributed by atoms with E-state index in [4.69, 9.17) is 23.2 Å². The monoisotopic (exact) mass is 331 g/mol. The lowest BCUT2D eigenvalue weighted by atomic mass is 9.55. The first-order chi connectivity index (χ1) is 10.5. The van der Waals surface area contributed by atoms with E-state index in [1.54, 1.807) is 0 Å². The number of benzene rings is 2. The maximum Gasteiger partial charge on any atom is 0.0450 e. The van der Waals surface area contributed by atoms with Crippen molar-refractivity contribution in [3.8, 4) is 0 Å². The summed E-state index contributed by atoms with van der Waals surface area (Å²) in [6.07, 6.45) is 2.29. The van der Waals surface area contributed by atoms with Crippen LogP contribution in [-0.4, -0.2) is 25.5 Å². The molecular weight excluding hydrogens is 313 g/mol. The Morgan fingerprint density at radius 1 is 1.09 bits per heavy atom. The van der Waals surface area contributed by atoms with Crippen molar-refractivity contribution in [3.05, 3.63) is 68.7 Å². The molecule has 0 aromatic heterocycles. The highest BCUT2D eigenvalue weighted by molar-refractivity contribution is 6.32. The van der Waals surface area contributed by atoms with Crippen molar-refractivity contribution < 1.29 is 0 Å². The number of hydrogen-bond donors (Lipinski definition) is 0. The van der Waals surface area contributed by atoms with Crippen LogP contribution in [0.25, 0.3) is 0 Å². The molecule has 22 heavy (non-hydrogen) atoms. The first kappa shape index (κ1) is 14.6. The van der Waals surface area contributed by atoms with Crippen LogP contribution in [0.1, 0.15) is 41.0 Å². The summed E-state index contributed by atoms with van der Waals surface area (Å²) in [7, 11) is 4.27. The summed E-state index contributed by atoms with van der Waals surface area (Å²) in [5.41, 5.74) is 5.38. The van der Waals surface area contributed by atoms with Crippen molar-refractivity contribution in [2.75, 3.05) is 20.6 Å². The van der Waals surface area contributed by atoms with Crippen LogP contribution in [0.4, 0.5) is 0 Å². The topological polar surface area (TPSA) is 3.24 Å². The molecule has 2 bridgehead atoms. The van der Waals surface area contributed by atoms with Crippen molar-refractivity contribution in [3.63, 3.8) is 0 Å². The largest absolute Gasteiger partial charge is 0.308 e. The average Bonchev–Trinajstić information content (AvgIpc) is 2.47. The minimum absolute atomic E-state index is 0.0356. The second-order valence-electron chi connectivity index (χ2n) is 6.82. The third kappa shape index (κ3) is 1.83. The first-order valence-electron chi connectivity index (χ1n) is 7.77. The second-order valence-corrected chi connectivity index (χ2v) is 7.63. The molecule has 0 saturated heterocycles. The molecule has 2 unspecified atom stereocenters. The van der Waals surface area contributed by atoms with E-state index < -0.39 is 0 Å². The molecule has 0 spiro atoms. The van der Waals surface area contributed by atoms with Gasteiger partial charge in [0.05, 0.1) is 0 Å². The van der Waals surface area contributed by atoms with E-state index in [1.165, 1.54) is 22.3 Å². The van der Waals surface area contributed by atoms with E-state index in [9.17, 15) is 0 Å². The normalized spacial score (nSPS) is 25.2. The Labute approximate surface area is 141 Å². The lowest BCUT2D eigenvalue weighted by Crippen LogP contribution is -2.47. The van der Waals surface area contributed by atoms with E-state index in [-0.39, 0.29) is 5.41 Å². The number of nitrogens with zero attached hydrogens (tertiary/aromatic N) is 1. The Morgan fingerprint density at radius 2 is 1.82 bits per heavy atom. The summed E-state index contributed by atoms with van der Waals surface area (Å²) in [5.74, 6) is 0.390. The third-order valence-electron chi connectivity index (χ3n) is 5.26. The van der Waals surface area contributed by atoms with Crippen molar-refractivity contribution in [2.24, 2.45) is 0 Å². The maximum absolute atomic E-state index is 6.66. The van der Waals surface area contributed by atoms with Crippen LogP contribution in [0.2, 0.25) is 10.0 Å². The van der Waals surface area contributed by atoms with Crippen LogP contribution in [0.5, 0.6) is 0 Å². The highest BCUT2D eigenvalue weighted by Crippen LogP contribution is 2.59. The molecule has 0 aliphatic heterocycles. The van der Waals surface area contributed by atoms with Crippen LogP contribution in [0.3, 0.4) is 0 Å². The predicted molar refractivity (Wildman–Crippen MR) is 93.3 cm³/mol. The SMILES string of the molecule is CN(C)CC12CCC(c3cccc(Cl)c31)c1c(Cl)cccc12. The van der Waals surface area contributed by atoms with Crippen molar-refractivity contribution in [1.29, 1.82) is 0 Å². The molecule has 5 rings (SSSR count). The van der Waals surface area contributed by atoms with Crippen LogP contribution < -0.4 is 0 Å². The number of fused-ring (bicyclic) bond motifs is 1. The summed E-state index contributed by atoms with van der Waals surface area (Å²) in [6.45, 7) is 0.962. The van der Waals surface area contributed by atoms with Crippen molar-refractivity contribution in [2.45, 2.75) is 24.2 Å². The number of likely N-dealkylation sites (N-methyl/N-ethyl adjacent to an activating group) is 1. The average molecular weight is 332 g/mol. The molecule has 114 valence electrons. The molecule has 2 atom stereocenters. The molecule has 0 fully saturated rings. The zero-order valence-electron chi connectivity index (χ0n) is 12.9. The number of hydrogen-bond acceptors (Lipinski definition) is 1. The van der Waals surface area contributed by atoms with Crippen molar-refractivity contribution in [1.82, 2.24) is 4.90 Å². The number of rotatable bonds is 2. The van der Waals surface area contributed by atoms with E-state index in [1.807, 2.05) is 12.1 Å². The molecule has 3 aliphatic rings. The summed E-state index contributed by atoms with van der Waals surface area (Å²) < 4.78 is 0. The van der Waals surface area contributed by atoms with Gasteiger partial charge in [-0.3, -0.25) is 0 Å². The lowest BCUT2D eigenvalue weighted by molar-refractivity contribution is 0.267. The molecule has 0 radical (unpaired) electrons. The van der Waals surface area contributed by atoms with Gasteiger partial charge in [0.25, 0.3) is 0 Å². The van der Waals surface area contributed by atoms with Gasteiger partial charge in [-0.15, -0.1) is 0 Å². The van der Waals surface area contributed by atoms with Crippen LogP contribution in [-0.2, 0) is 5.41 Å². The second kappa shape index (κ2) is 4.99. The summed E-state index contributed by atoms with van der Waals surface area (Å²) in [4.78, 5) is 2.27. The Hall–Kier alpha value is -1.02. The first-order valence-corrected chi connectivity index (χ1v) is 8.53. The Balaban J connectivity index is 2.08. The van der Waals surface area contributed by atoms with E-state index in [0.29, 0.717) is 5.92 Å². The fraction of sp³-hybridized carbons (Fsp3) is 0.368. The minimum Gasteiger partial charge on any atom is -0.308 e. The van der Waals surface area contributed by atoms with Gasteiger partial charge in [-0.05, 0) is 61.3 Å². The van der Waals surface area contributed by atoms with Gasteiger partial charge in [0.1, 0.15) is 0 Å². The van der Waals surface area contributed by atoms with Gasteiger partial charge in [0, 0.05) is 27.9 Å². The molecule has 0 N–H and O–H groups in total. The molecule has 0 saturated carbocycles. The lowest BCUT2D eigenvalue weighted by Gasteiger charge is -2.51. The molecule has 2 aromatic carbocycles. The Kier molecular flexibility index (Phi) is 3.30. The van der Waals surface area contributed by atoms with Gasteiger partial charge in [0.2, 0.25) is 0 Å². The maximum atomic E-state index is 6.66. The molecular formula is C19H19Cl2N. The summed E-state index contributed by atoms with van der Waals surface area (Å²) in [5, 5.41) is 1.80. The van der Waals surface area contributed by atoms with Crippen LogP contribution >= 0.6 is 23.2 Å². The standard InChI is InChI=1S/C19H19Cl2N/c1-22(2)11-19-10-9-12(13-5-3-8-16(21)18(13)19)17-14(19)6-4-7-15(17)20/h3-8,12H,9-11H2,1-2H3. The quantitative estimate of drug-likeness (QED) is 0.741. The van der Waals surface area contributed by atoms with Crippen LogP contribution in [0, 0.1) is 0 Å². The van der Waals surface area contributed by atoms with E-state index in [0.717, 1.165) is 29.4 Å². The molecule has 3 aliphatic carbocycles. The van der Waals surface area contributed by atoms with Gasteiger partial charge < -0.3 is 4.90 Å². The summed E-state index contributed by atoms with van der Waals surface area (Å²) >= 11 is 13.3. The molecule has 2 aromatic rings. The highest BCUT2D eigenvalue weighted by Gasteiger charge is 2.50. The van der Waals surface area contributed by atoms with Gasteiger partial charge >= 0.3 is 0 Å². The fourth-order valence-corrected chi connectivity index (χ4v) is 5.34. The Morgan fingerprint density at radius 3 is 2.59 bits per heavy atom. The minimum atomic E-state index is -0.0356. The van der Waals surface area contributed by atoms with Gasteiger partial charge in [-0.2, -0.15) is 0 Å². The molecule has 0 amide bonds. The van der Waals surface area contributed by atoms with Crippen molar-refractivity contribution >= 4 is 23.2 Å². The van der Waals surface area contributed by atoms with Gasteiger partial charge in [0.15, 0.2) is 0 Å². The smallest absolute Gasteiger partial charge is 0.0450 e. The zero-order chi connectivity index (χ0) is 15.5. The molecule has 1 nitrogen and oxygen atoms in total. The predicted octanol–water partition coefficient (Wildman–Crippen LogP) is 5.08. The van der Waals surface area contributed by atoms with E-state index >= 15 is 0 Å². The van der Waals surface area contributed by atoms with Crippen LogP contribution in [0.15, 0.2) is 36.4 Å². The number of halogens is 2. The van der Waals surface area contributed by atoms with Gasteiger partial charge in [-0.1, -0.05) is 47.5 Å². The molecule has 0 heterocycles. The van der Waals surface area contributed by atoms with Gasteiger partial charge in [-0.25, -0.2) is 0 Å². The Bertz CT molecular complexity index is 753. The zero-order valence-corrected chi connectivity index (χ0v) is 14.4. The summed E-state index contributed by atoms with van der Waals surface area (Å²) in [6, 6.07) is 12.7. The molecule has 3 heteroatoms. The van der Waals surface area contributed by atoms with E-state index in [2.05, 4.69) is 43.3 Å². The highest BCUT2D eigenvalue weighted by atomic mass is 35.5. The third-order valence-corrected chi connectivity index (χ3v) is 5.91.